The molecule has 0 atom stereocenters. The Morgan fingerprint density at radius 3 is 2.46 bits per heavy atom. The van der Waals surface area contributed by atoms with Gasteiger partial charge in [0.2, 0.25) is 10.0 Å². The number of hydrogen-bond acceptors (Lipinski definition) is 6. The van der Waals surface area contributed by atoms with Crippen LogP contribution < -0.4 is 5.43 Å². The number of hydrazone groups is 1. The number of sulfonamides is 1. The van der Waals surface area contributed by atoms with Crippen LogP contribution in [0.2, 0.25) is 0 Å². The number of carbonyl (C=O) groups excluding carboxylic acids is 1. The average Bonchev–Trinajstić information content (AvgIpc) is 3.08. The van der Waals surface area contributed by atoms with Crippen LogP contribution in [0.25, 0.3) is 0 Å². The summed E-state index contributed by atoms with van der Waals surface area (Å²) in [6, 6.07) is 10.1. The molecule has 0 aliphatic carbocycles. The van der Waals surface area contributed by atoms with Gasteiger partial charge in [0.15, 0.2) is 0 Å². The van der Waals surface area contributed by atoms with Crippen LogP contribution in [0.15, 0.2) is 55.3 Å². The van der Waals surface area contributed by atoms with Crippen LogP contribution in [0.4, 0.5) is 0 Å². The number of furan rings is 1. The van der Waals surface area contributed by atoms with Gasteiger partial charge in [-0.2, -0.15) is 9.41 Å². The number of aryl methyl sites for hydroxylation is 1. The van der Waals surface area contributed by atoms with Crippen LogP contribution >= 0.6 is 15.9 Å². The minimum absolute atomic E-state index is 0.153. The van der Waals surface area contributed by atoms with Crippen molar-refractivity contribution in [1.82, 2.24) is 14.6 Å². The zero-order chi connectivity index (χ0) is 20.1. The van der Waals surface area contributed by atoms with Crippen molar-refractivity contribution in [3.8, 4) is 0 Å². The van der Waals surface area contributed by atoms with Crippen molar-refractivity contribution in [3.05, 3.63) is 52.4 Å². The van der Waals surface area contributed by atoms with Gasteiger partial charge in [0.05, 0.1) is 17.7 Å². The van der Waals surface area contributed by atoms with Gasteiger partial charge in [-0.15, -0.1) is 0 Å². The number of nitrogens with one attached hydrogen (secondary N) is 1. The van der Waals surface area contributed by atoms with Crippen LogP contribution in [-0.2, 0) is 14.8 Å². The second-order valence-corrected chi connectivity index (χ2v) is 9.23. The predicted octanol–water partition coefficient (Wildman–Crippen LogP) is 1.81. The number of piperazine rings is 1. The highest BCUT2D eigenvalue weighted by Crippen LogP contribution is 2.20. The Balaban J connectivity index is 1.47. The first kappa shape index (κ1) is 20.7. The SMILES string of the molecule is Cc1ccc(/C=N\NC(=O)CN2CCN(S(=O)(=O)c3ccc(Br)cc3)CC2)o1. The van der Waals surface area contributed by atoms with Gasteiger partial charge < -0.3 is 4.42 Å². The van der Waals surface area contributed by atoms with E-state index in [1.165, 1.54) is 10.5 Å². The summed E-state index contributed by atoms with van der Waals surface area (Å²) >= 11 is 3.30. The van der Waals surface area contributed by atoms with Gasteiger partial charge in [0.1, 0.15) is 11.5 Å². The summed E-state index contributed by atoms with van der Waals surface area (Å²) in [6.07, 6.45) is 1.44. The van der Waals surface area contributed by atoms with E-state index < -0.39 is 10.0 Å². The minimum atomic E-state index is -3.52. The summed E-state index contributed by atoms with van der Waals surface area (Å²) in [5, 5.41) is 3.87. The first-order valence-electron chi connectivity index (χ1n) is 8.71. The molecule has 1 aromatic carbocycles. The molecule has 1 fully saturated rings. The zero-order valence-corrected chi connectivity index (χ0v) is 17.7. The number of hydrogen-bond donors (Lipinski definition) is 1. The molecular formula is C18H21BrN4O4S. The third kappa shape index (κ3) is 5.28. The molecule has 150 valence electrons. The summed E-state index contributed by atoms with van der Waals surface area (Å²) in [7, 11) is -3.52. The zero-order valence-electron chi connectivity index (χ0n) is 15.3. The molecule has 8 nitrogen and oxygen atoms in total. The van der Waals surface area contributed by atoms with Crippen LogP contribution in [-0.4, -0.2) is 62.5 Å². The van der Waals surface area contributed by atoms with Crippen LogP contribution in [0.5, 0.6) is 0 Å². The van der Waals surface area contributed by atoms with Gasteiger partial charge in [-0.25, -0.2) is 13.8 Å². The standard InChI is InChI=1S/C18H21BrN4O4S/c1-14-2-5-16(27-14)12-20-21-18(24)13-22-8-10-23(11-9-22)28(25,26)17-6-3-15(19)4-7-17/h2-7,12H,8-11,13H2,1H3,(H,21,24)/b20-12-. The maximum atomic E-state index is 12.7. The van der Waals surface area contributed by atoms with Crippen molar-refractivity contribution in [1.29, 1.82) is 0 Å². The van der Waals surface area contributed by atoms with Gasteiger partial charge in [0, 0.05) is 30.7 Å². The molecule has 3 rings (SSSR count). The predicted molar refractivity (Wildman–Crippen MR) is 109 cm³/mol. The lowest BCUT2D eigenvalue weighted by Gasteiger charge is -2.33. The van der Waals surface area contributed by atoms with Gasteiger partial charge in [-0.3, -0.25) is 9.69 Å². The largest absolute Gasteiger partial charge is 0.460 e. The van der Waals surface area contributed by atoms with Crippen molar-refractivity contribution in [2.75, 3.05) is 32.7 Å². The Morgan fingerprint density at radius 2 is 1.86 bits per heavy atom. The fraction of sp³-hybridized carbons (Fsp3) is 0.333. The maximum absolute atomic E-state index is 12.7. The van der Waals surface area contributed by atoms with Crippen LogP contribution in [0, 0.1) is 6.92 Å². The molecule has 1 aromatic heterocycles. The normalized spacial score (nSPS) is 16.5. The summed E-state index contributed by atoms with van der Waals surface area (Å²) < 4.78 is 33.0. The smallest absolute Gasteiger partial charge is 0.254 e. The highest BCUT2D eigenvalue weighted by molar-refractivity contribution is 9.10. The number of halogens is 1. The van der Waals surface area contributed by atoms with Gasteiger partial charge in [-0.05, 0) is 43.3 Å². The molecule has 0 saturated carbocycles. The van der Waals surface area contributed by atoms with Crippen molar-refractivity contribution >= 4 is 38.1 Å². The quantitative estimate of drug-likeness (QED) is 0.515. The molecule has 1 saturated heterocycles. The second-order valence-electron chi connectivity index (χ2n) is 6.38. The molecule has 28 heavy (non-hydrogen) atoms. The average molecular weight is 469 g/mol. The summed E-state index contributed by atoms with van der Waals surface area (Å²) in [6.45, 7) is 3.60. The first-order valence-corrected chi connectivity index (χ1v) is 10.9. The van der Waals surface area contributed by atoms with E-state index in [1.54, 1.807) is 30.3 Å². The monoisotopic (exact) mass is 468 g/mol. The maximum Gasteiger partial charge on any atom is 0.254 e. The van der Waals surface area contributed by atoms with Gasteiger partial charge in [0.25, 0.3) is 5.91 Å². The molecule has 1 N–H and O–H groups in total. The van der Waals surface area contributed by atoms with Crippen molar-refractivity contribution in [3.63, 3.8) is 0 Å². The van der Waals surface area contributed by atoms with E-state index in [-0.39, 0.29) is 17.3 Å². The molecule has 2 aromatic rings. The lowest BCUT2D eigenvalue weighted by molar-refractivity contribution is -0.122. The first-order chi connectivity index (χ1) is 13.3. The molecule has 0 unspecified atom stereocenters. The fourth-order valence-electron chi connectivity index (χ4n) is 2.81. The van der Waals surface area contributed by atoms with E-state index in [0.717, 1.165) is 10.2 Å². The summed E-state index contributed by atoms with van der Waals surface area (Å²) in [5.74, 6) is 1.07. The molecular weight excluding hydrogens is 448 g/mol. The molecule has 1 amide bonds. The van der Waals surface area contributed by atoms with E-state index >= 15 is 0 Å². The molecule has 0 spiro atoms. The number of rotatable bonds is 6. The van der Waals surface area contributed by atoms with E-state index in [1.807, 2.05) is 17.9 Å². The number of carbonyl (C=O) groups is 1. The summed E-state index contributed by atoms with van der Waals surface area (Å²) in [4.78, 5) is 14.2. The minimum Gasteiger partial charge on any atom is -0.460 e. The molecule has 0 bridgehead atoms. The van der Waals surface area contributed by atoms with Crippen LogP contribution in [0.3, 0.4) is 0 Å². The Bertz CT molecular complexity index is 948. The Labute approximate surface area is 172 Å². The Kier molecular flexibility index (Phi) is 6.65. The second kappa shape index (κ2) is 8.99. The Hall–Kier alpha value is -2.01. The van der Waals surface area contributed by atoms with Crippen molar-refractivity contribution in [2.45, 2.75) is 11.8 Å². The Morgan fingerprint density at radius 1 is 1.18 bits per heavy atom. The highest BCUT2D eigenvalue weighted by atomic mass is 79.9. The van der Waals surface area contributed by atoms with E-state index in [9.17, 15) is 13.2 Å². The number of amides is 1. The van der Waals surface area contributed by atoms with Crippen molar-refractivity contribution in [2.24, 2.45) is 5.10 Å². The third-order valence-electron chi connectivity index (χ3n) is 4.29. The van der Waals surface area contributed by atoms with E-state index in [4.69, 9.17) is 4.42 Å². The fourth-order valence-corrected chi connectivity index (χ4v) is 4.50. The molecule has 2 heterocycles. The number of nitrogens with zero attached hydrogens (tertiary/aromatic N) is 3. The summed E-state index contributed by atoms with van der Waals surface area (Å²) in [5.41, 5.74) is 2.45. The van der Waals surface area contributed by atoms with E-state index in [0.29, 0.717) is 31.9 Å². The highest BCUT2D eigenvalue weighted by Gasteiger charge is 2.28. The number of benzene rings is 1. The topological polar surface area (TPSA) is 95.2 Å². The van der Waals surface area contributed by atoms with Gasteiger partial charge >= 0.3 is 0 Å². The third-order valence-corrected chi connectivity index (χ3v) is 6.73. The molecule has 10 heteroatoms. The molecule has 0 radical (unpaired) electrons. The van der Waals surface area contributed by atoms with Gasteiger partial charge in [-0.1, -0.05) is 15.9 Å². The lowest BCUT2D eigenvalue weighted by Crippen LogP contribution is -2.50. The van der Waals surface area contributed by atoms with E-state index in [2.05, 4.69) is 26.5 Å². The van der Waals surface area contributed by atoms with Crippen LogP contribution in [0.1, 0.15) is 11.5 Å². The van der Waals surface area contributed by atoms with Crippen molar-refractivity contribution < 1.29 is 17.6 Å². The molecule has 1 aliphatic rings. The molecule has 1 aliphatic heterocycles. The lowest BCUT2D eigenvalue weighted by atomic mass is 10.3.